The highest BCUT2D eigenvalue weighted by Crippen LogP contribution is 2.18. The summed E-state index contributed by atoms with van der Waals surface area (Å²) in [5.41, 5.74) is 1.81. The zero-order valence-electron chi connectivity index (χ0n) is 10.4. The van der Waals surface area contributed by atoms with Gasteiger partial charge in [0, 0.05) is 18.1 Å². The van der Waals surface area contributed by atoms with Gasteiger partial charge in [-0.3, -0.25) is 9.71 Å². The molecule has 0 bridgehead atoms. The van der Waals surface area contributed by atoms with Crippen LogP contribution in [0.1, 0.15) is 5.56 Å². The molecule has 2 heterocycles. The standard InChI is InChI=1S/C12H11BN2O4S/c16-13-12-7-10(2-1-9(12)8-19-13)15-20(17,18)11-3-5-14-6-4-11/h1-7,15-16H,8H2. The van der Waals surface area contributed by atoms with Crippen LogP contribution in [0.15, 0.2) is 47.6 Å². The van der Waals surface area contributed by atoms with Gasteiger partial charge in [0.2, 0.25) is 0 Å². The Balaban J connectivity index is 1.91. The van der Waals surface area contributed by atoms with E-state index in [-0.39, 0.29) is 4.90 Å². The van der Waals surface area contributed by atoms with Gasteiger partial charge in [-0.15, -0.1) is 0 Å². The second kappa shape index (κ2) is 4.90. The normalized spacial score (nSPS) is 14.2. The van der Waals surface area contributed by atoms with Gasteiger partial charge in [0.1, 0.15) is 0 Å². The summed E-state index contributed by atoms with van der Waals surface area (Å²) in [6.07, 6.45) is 2.82. The van der Waals surface area contributed by atoms with E-state index in [1.807, 2.05) is 0 Å². The number of rotatable bonds is 3. The smallest absolute Gasteiger partial charge is 0.423 e. The van der Waals surface area contributed by atoms with Gasteiger partial charge in [0.15, 0.2) is 0 Å². The van der Waals surface area contributed by atoms with Crippen molar-refractivity contribution in [3.63, 3.8) is 0 Å². The minimum atomic E-state index is -3.66. The fourth-order valence-electron chi connectivity index (χ4n) is 2.01. The van der Waals surface area contributed by atoms with Crippen molar-refractivity contribution in [1.29, 1.82) is 0 Å². The molecule has 1 aliphatic rings. The second-order valence-electron chi connectivity index (χ2n) is 4.37. The maximum absolute atomic E-state index is 12.2. The summed E-state index contributed by atoms with van der Waals surface area (Å²) < 4.78 is 31.8. The molecule has 0 spiro atoms. The summed E-state index contributed by atoms with van der Waals surface area (Å²) in [4.78, 5) is 3.91. The average molecular weight is 290 g/mol. The van der Waals surface area contributed by atoms with Gasteiger partial charge in [-0.25, -0.2) is 8.42 Å². The largest absolute Gasteiger partial charge is 0.491 e. The zero-order chi connectivity index (χ0) is 14.2. The molecule has 0 radical (unpaired) electrons. The molecule has 0 unspecified atom stereocenters. The van der Waals surface area contributed by atoms with Crippen LogP contribution >= 0.6 is 0 Å². The van der Waals surface area contributed by atoms with Crippen LogP contribution in [-0.2, 0) is 21.3 Å². The molecular weight excluding hydrogens is 279 g/mol. The molecule has 2 N–H and O–H groups in total. The third-order valence-electron chi connectivity index (χ3n) is 3.02. The van der Waals surface area contributed by atoms with Gasteiger partial charge in [-0.05, 0) is 35.3 Å². The highest BCUT2D eigenvalue weighted by molar-refractivity contribution is 7.92. The molecule has 20 heavy (non-hydrogen) atoms. The van der Waals surface area contributed by atoms with E-state index in [1.165, 1.54) is 24.5 Å². The van der Waals surface area contributed by atoms with E-state index in [4.69, 9.17) is 4.65 Å². The van der Waals surface area contributed by atoms with Crippen LogP contribution in [-0.4, -0.2) is 25.5 Å². The molecule has 6 nitrogen and oxygen atoms in total. The summed E-state index contributed by atoms with van der Waals surface area (Å²) in [6.45, 7) is 0.327. The Morgan fingerprint density at radius 1 is 1.25 bits per heavy atom. The lowest BCUT2D eigenvalue weighted by molar-refractivity contribution is 0.275. The minimum absolute atomic E-state index is 0.129. The highest BCUT2D eigenvalue weighted by atomic mass is 32.2. The molecule has 0 amide bonds. The topological polar surface area (TPSA) is 88.5 Å². The molecule has 1 aromatic carbocycles. The molecule has 0 fully saturated rings. The van der Waals surface area contributed by atoms with E-state index in [0.717, 1.165) is 5.56 Å². The Bertz CT molecular complexity index is 736. The van der Waals surface area contributed by atoms with Gasteiger partial charge in [0.25, 0.3) is 10.0 Å². The monoisotopic (exact) mass is 290 g/mol. The molecule has 3 rings (SSSR count). The van der Waals surface area contributed by atoms with Crippen LogP contribution < -0.4 is 10.2 Å². The first kappa shape index (κ1) is 13.1. The lowest BCUT2D eigenvalue weighted by Gasteiger charge is -2.09. The fraction of sp³-hybridized carbons (Fsp3) is 0.0833. The Labute approximate surface area is 116 Å². The maximum Gasteiger partial charge on any atom is 0.491 e. The van der Waals surface area contributed by atoms with Crippen LogP contribution in [0, 0.1) is 0 Å². The van der Waals surface area contributed by atoms with Crippen molar-refractivity contribution in [2.75, 3.05) is 4.72 Å². The van der Waals surface area contributed by atoms with E-state index >= 15 is 0 Å². The molecule has 0 saturated heterocycles. The SMILES string of the molecule is O=S(=O)(Nc1ccc2c(c1)B(O)OC2)c1ccncc1. The Morgan fingerprint density at radius 2 is 2.00 bits per heavy atom. The second-order valence-corrected chi connectivity index (χ2v) is 6.05. The number of sulfonamides is 1. The molecule has 1 aliphatic heterocycles. The molecule has 1 aromatic heterocycles. The summed E-state index contributed by atoms with van der Waals surface area (Å²) >= 11 is 0. The lowest BCUT2D eigenvalue weighted by atomic mass is 9.79. The summed E-state index contributed by atoms with van der Waals surface area (Å²) in [5, 5.41) is 9.61. The zero-order valence-corrected chi connectivity index (χ0v) is 11.2. The third kappa shape index (κ3) is 2.40. The first-order valence-corrected chi connectivity index (χ1v) is 7.40. The summed E-state index contributed by atoms with van der Waals surface area (Å²) in [7, 11) is -4.66. The molecule has 0 atom stereocenters. The average Bonchev–Trinajstić information content (AvgIpc) is 2.81. The number of benzene rings is 1. The van der Waals surface area contributed by atoms with E-state index in [1.54, 1.807) is 18.2 Å². The Morgan fingerprint density at radius 3 is 2.75 bits per heavy atom. The van der Waals surface area contributed by atoms with Crippen LogP contribution in [0.2, 0.25) is 0 Å². The van der Waals surface area contributed by atoms with Gasteiger partial charge in [-0.2, -0.15) is 0 Å². The Hall–Kier alpha value is -1.90. The number of hydrogen-bond donors (Lipinski definition) is 2. The van der Waals surface area contributed by atoms with Crippen molar-refractivity contribution in [2.45, 2.75) is 11.5 Å². The molecule has 102 valence electrons. The van der Waals surface area contributed by atoms with Crippen molar-refractivity contribution in [3.05, 3.63) is 48.3 Å². The number of hydrogen-bond acceptors (Lipinski definition) is 5. The van der Waals surface area contributed by atoms with Crippen LogP contribution in [0.4, 0.5) is 5.69 Å². The number of aromatic nitrogens is 1. The molecule has 0 saturated carbocycles. The lowest BCUT2D eigenvalue weighted by Crippen LogP contribution is -2.28. The minimum Gasteiger partial charge on any atom is -0.423 e. The van der Waals surface area contributed by atoms with E-state index in [9.17, 15) is 13.4 Å². The number of pyridine rings is 1. The fourth-order valence-corrected chi connectivity index (χ4v) is 3.04. The van der Waals surface area contributed by atoms with Gasteiger partial charge in [-0.1, -0.05) is 6.07 Å². The number of nitrogens with zero attached hydrogens (tertiary/aromatic N) is 1. The van der Waals surface area contributed by atoms with Gasteiger partial charge < -0.3 is 9.68 Å². The maximum atomic E-state index is 12.2. The predicted molar refractivity (Wildman–Crippen MR) is 73.9 cm³/mol. The van der Waals surface area contributed by atoms with E-state index in [0.29, 0.717) is 17.8 Å². The van der Waals surface area contributed by atoms with E-state index in [2.05, 4.69) is 9.71 Å². The van der Waals surface area contributed by atoms with Gasteiger partial charge >= 0.3 is 7.12 Å². The van der Waals surface area contributed by atoms with Crippen LogP contribution in [0.25, 0.3) is 0 Å². The summed E-state index contributed by atoms with van der Waals surface area (Å²) in [5.74, 6) is 0. The Kier molecular flexibility index (Phi) is 3.21. The van der Waals surface area contributed by atoms with E-state index < -0.39 is 17.1 Å². The van der Waals surface area contributed by atoms with Crippen molar-refractivity contribution >= 4 is 28.3 Å². The highest BCUT2D eigenvalue weighted by Gasteiger charge is 2.27. The molecular formula is C12H11BN2O4S. The van der Waals surface area contributed by atoms with Crippen molar-refractivity contribution in [1.82, 2.24) is 4.98 Å². The molecule has 0 aliphatic carbocycles. The number of fused-ring (bicyclic) bond motifs is 1. The first-order chi connectivity index (χ1) is 9.56. The third-order valence-corrected chi connectivity index (χ3v) is 4.42. The molecule has 2 aromatic rings. The van der Waals surface area contributed by atoms with Crippen LogP contribution in [0.3, 0.4) is 0 Å². The van der Waals surface area contributed by atoms with Gasteiger partial charge in [0.05, 0.1) is 11.5 Å². The first-order valence-electron chi connectivity index (χ1n) is 5.91. The van der Waals surface area contributed by atoms with Crippen molar-refractivity contribution < 1.29 is 18.1 Å². The van der Waals surface area contributed by atoms with Crippen molar-refractivity contribution in [2.24, 2.45) is 0 Å². The predicted octanol–water partition coefficient (Wildman–Crippen LogP) is 0.100. The number of anilines is 1. The quantitative estimate of drug-likeness (QED) is 0.783. The summed E-state index contributed by atoms with van der Waals surface area (Å²) in [6, 6.07) is 7.77. The van der Waals surface area contributed by atoms with Crippen LogP contribution in [0.5, 0.6) is 0 Å². The molecule has 8 heteroatoms. The number of nitrogens with one attached hydrogen (secondary N) is 1. The van der Waals surface area contributed by atoms with Crippen molar-refractivity contribution in [3.8, 4) is 0 Å².